The number of piperidine rings is 2. The minimum Gasteiger partial charge on any atom is -0.385 e. The van der Waals surface area contributed by atoms with Gasteiger partial charge in [0, 0.05) is 52.2 Å². The third kappa shape index (κ3) is 4.64. The molecular formula is C21H30N2O3. The summed E-state index contributed by atoms with van der Waals surface area (Å²) in [6, 6.07) is 10.5. The van der Waals surface area contributed by atoms with Gasteiger partial charge in [0.2, 0.25) is 11.8 Å². The molecule has 0 unspecified atom stereocenters. The van der Waals surface area contributed by atoms with E-state index >= 15 is 0 Å². The van der Waals surface area contributed by atoms with E-state index < -0.39 is 0 Å². The molecule has 1 aromatic rings. The second kappa shape index (κ2) is 9.17. The Labute approximate surface area is 156 Å². The SMILES string of the molecule is COCCCN1C(=O)CC[C@H]2CN(C(=O)CCc3ccccc3)CC[C@H]21. The molecule has 2 fully saturated rings. The molecule has 0 bridgehead atoms. The van der Waals surface area contributed by atoms with Crippen LogP contribution in [0.15, 0.2) is 30.3 Å². The van der Waals surface area contributed by atoms with Crippen molar-refractivity contribution >= 4 is 11.8 Å². The fourth-order valence-corrected chi connectivity index (χ4v) is 4.30. The molecule has 142 valence electrons. The first-order valence-electron chi connectivity index (χ1n) is 9.79. The molecule has 0 aliphatic carbocycles. The molecule has 2 aliphatic heterocycles. The van der Waals surface area contributed by atoms with Crippen molar-refractivity contribution in [1.29, 1.82) is 0 Å². The summed E-state index contributed by atoms with van der Waals surface area (Å²) in [7, 11) is 1.69. The van der Waals surface area contributed by atoms with Gasteiger partial charge in [0.1, 0.15) is 0 Å². The van der Waals surface area contributed by atoms with Gasteiger partial charge in [0.15, 0.2) is 0 Å². The minimum atomic E-state index is 0.245. The number of nitrogens with zero attached hydrogens (tertiary/aromatic N) is 2. The van der Waals surface area contributed by atoms with Crippen molar-refractivity contribution in [2.75, 3.05) is 33.4 Å². The molecule has 2 atom stereocenters. The number of benzene rings is 1. The van der Waals surface area contributed by atoms with Crippen LogP contribution in [0.5, 0.6) is 0 Å². The predicted octanol–water partition coefficient (Wildman–Crippen LogP) is 2.50. The fourth-order valence-electron chi connectivity index (χ4n) is 4.30. The summed E-state index contributed by atoms with van der Waals surface area (Å²) in [5, 5.41) is 0. The van der Waals surface area contributed by atoms with Gasteiger partial charge in [0.25, 0.3) is 0 Å². The molecule has 0 N–H and O–H groups in total. The van der Waals surface area contributed by atoms with E-state index in [9.17, 15) is 9.59 Å². The van der Waals surface area contributed by atoms with E-state index in [4.69, 9.17) is 4.74 Å². The van der Waals surface area contributed by atoms with Gasteiger partial charge in [-0.2, -0.15) is 0 Å². The summed E-state index contributed by atoms with van der Waals surface area (Å²) in [6.45, 7) is 3.02. The molecule has 2 heterocycles. The second-order valence-electron chi connectivity index (χ2n) is 7.41. The van der Waals surface area contributed by atoms with Crippen molar-refractivity contribution in [2.45, 2.75) is 44.6 Å². The normalized spacial score (nSPS) is 23.0. The first-order valence-corrected chi connectivity index (χ1v) is 9.79. The minimum absolute atomic E-state index is 0.245. The Morgan fingerprint density at radius 3 is 2.81 bits per heavy atom. The lowest BCUT2D eigenvalue weighted by Crippen LogP contribution is -2.57. The maximum absolute atomic E-state index is 12.6. The van der Waals surface area contributed by atoms with Crippen LogP contribution in [0.25, 0.3) is 0 Å². The van der Waals surface area contributed by atoms with Crippen LogP contribution in [-0.2, 0) is 20.7 Å². The number of amides is 2. The smallest absolute Gasteiger partial charge is 0.222 e. The highest BCUT2D eigenvalue weighted by atomic mass is 16.5. The highest BCUT2D eigenvalue weighted by Gasteiger charge is 2.39. The average molecular weight is 358 g/mol. The molecule has 3 rings (SSSR count). The number of carbonyl (C=O) groups excluding carboxylic acids is 2. The Morgan fingerprint density at radius 1 is 1.23 bits per heavy atom. The maximum atomic E-state index is 12.6. The first-order chi connectivity index (χ1) is 12.7. The van der Waals surface area contributed by atoms with Crippen molar-refractivity contribution < 1.29 is 14.3 Å². The summed E-state index contributed by atoms with van der Waals surface area (Å²) in [6.07, 6.45) is 4.67. The van der Waals surface area contributed by atoms with Crippen LogP contribution in [-0.4, -0.2) is 61.0 Å². The Bertz CT molecular complexity index is 605. The predicted molar refractivity (Wildman–Crippen MR) is 101 cm³/mol. The Morgan fingerprint density at radius 2 is 2.04 bits per heavy atom. The van der Waals surface area contributed by atoms with E-state index in [2.05, 4.69) is 17.0 Å². The largest absolute Gasteiger partial charge is 0.385 e. The second-order valence-corrected chi connectivity index (χ2v) is 7.41. The zero-order valence-electron chi connectivity index (χ0n) is 15.7. The fraction of sp³-hybridized carbons (Fsp3) is 0.619. The van der Waals surface area contributed by atoms with Crippen LogP contribution >= 0.6 is 0 Å². The zero-order chi connectivity index (χ0) is 18.4. The van der Waals surface area contributed by atoms with Gasteiger partial charge in [-0.1, -0.05) is 30.3 Å². The van der Waals surface area contributed by atoms with Gasteiger partial charge in [-0.3, -0.25) is 9.59 Å². The highest BCUT2D eigenvalue weighted by molar-refractivity contribution is 5.78. The van der Waals surface area contributed by atoms with E-state index in [0.29, 0.717) is 31.4 Å². The average Bonchev–Trinajstić information content (AvgIpc) is 2.68. The number of fused-ring (bicyclic) bond motifs is 1. The summed E-state index contributed by atoms with van der Waals surface area (Å²) in [4.78, 5) is 29.0. The number of methoxy groups -OCH3 is 1. The third-order valence-corrected chi connectivity index (χ3v) is 5.71. The maximum Gasteiger partial charge on any atom is 0.222 e. The number of likely N-dealkylation sites (tertiary alicyclic amines) is 2. The van der Waals surface area contributed by atoms with Crippen molar-refractivity contribution in [3.8, 4) is 0 Å². The molecule has 0 radical (unpaired) electrons. The van der Waals surface area contributed by atoms with Crippen LogP contribution < -0.4 is 0 Å². The van der Waals surface area contributed by atoms with Crippen LogP contribution in [0.4, 0.5) is 0 Å². The van der Waals surface area contributed by atoms with Crippen molar-refractivity contribution in [1.82, 2.24) is 9.80 Å². The van der Waals surface area contributed by atoms with Crippen molar-refractivity contribution in [3.05, 3.63) is 35.9 Å². The van der Waals surface area contributed by atoms with Crippen LogP contribution in [0.1, 0.15) is 37.7 Å². The molecule has 26 heavy (non-hydrogen) atoms. The van der Waals surface area contributed by atoms with E-state index in [0.717, 1.165) is 45.3 Å². The number of carbonyl (C=O) groups is 2. The topological polar surface area (TPSA) is 49.9 Å². The third-order valence-electron chi connectivity index (χ3n) is 5.71. The molecule has 2 amide bonds. The first kappa shape index (κ1) is 18.9. The van der Waals surface area contributed by atoms with E-state index in [1.807, 2.05) is 23.1 Å². The summed E-state index contributed by atoms with van der Waals surface area (Å²) in [5.74, 6) is 0.936. The van der Waals surface area contributed by atoms with Gasteiger partial charge in [-0.25, -0.2) is 0 Å². The standard InChI is InChI=1S/C21H30N2O3/c1-26-15-5-13-23-19-12-14-22(16-18(19)9-11-21(23)25)20(24)10-8-17-6-3-2-4-7-17/h2-4,6-7,18-19H,5,8-16H2,1H3/t18-,19+/m0/s1. The molecule has 0 aromatic heterocycles. The molecular weight excluding hydrogens is 328 g/mol. The highest BCUT2D eigenvalue weighted by Crippen LogP contribution is 2.31. The van der Waals surface area contributed by atoms with Gasteiger partial charge >= 0.3 is 0 Å². The molecule has 1 aromatic carbocycles. The van der Waals surface area contributed by atoms with Gasteiger partial charge in [-0.15, -0.1) is 0 Å². The Hall–Kier alpha value is -1.88. The van der Waals surface area contributed by atoms with E-state index in [-0.39, 0.29) is 11.8 Å². The molecule has 0 spiro atoms. The van der Waals surface area contributed by atoms with Crippen molar-refractivity contribution in [3.63, 3.8) is 0 Å². The van der Waals surface area contributed by atoms with Crippen LogP contribution in [0, 0.1) is 5.92 Å². The van der Waals surface area contributed by atoms with Gasteiger partial charge < -0.3 is 14.5 Å². The van der Waals surface area contributed by atoms with Crippen LogP contribution in [0.2, 0.25) is 0 Å². The van der Waals surface area contributed by atoms with Gasteiger partial charge in [0.05, 0.1) is 0 Å². The van der Waals surface area contributed by atoms with E-state index in [1.165, 1.54) is 5.56 Å². The lowest BCUT2D eigenvalue weighted by atomic mass is 9.83. The zero-order valence-corrected chi connectivity index (χ0v) is 15.7. The monoisotopic (exact) mass is 358 g/mol. The quantitative estimate of drug-likeness (QED) is 0.704. The number of rotatable bonds is 7. The van der Waals surface area contributed by atoms with Crippen LogP contribution in [0.3, 0.4) is 0 Å². The van der Waals surface area contributed by atoms with Crippen molar-refractivity contribution in [2.24, 2.45) is 5.92 Å². The lowest BCUT2D eigenvalue weighted by Gasteiger charge is -2.47. The number of hydrogen-bond donors (Lipinski definition) is 0. The number of ether oxygens (including phenoxy) is 1. The number of hydrogen-bond acceptors (Lipinski definition) is 3. The van der Waals surface area contributed by atoms with Gasteiger partial charge in [-0.05, 0) is 37.2 Å². The lowest BCUT2D eigenvalue weighted by molar-refractivity contribution is -0.144. The number of aryl methyl sites for hydroxylation is 1. The summed E-state index contributed by atoms with van der Waals surface area (Å²) in [5.41, 5.74) is 1.21. The Kier molecular flexibility index (Phi) is 6.67. The summed E-state index contributed by atoms with van der Waals surface area (Å²) >= 11 is 0. The molecule has 2 saturated heterocycles. The molecule has 5 nitrogen and oxygen atoms in total. The van der Waals surface area contributed by atoms with E-state index in [1.54, 1.807) is 7.11 Å². The summed E-state index contributed by atoms with van der Waals surface area (Å²) < 4.78 is 5.13. The molecule has 5 heteroatoms. The Balaban J connectivity index is 1.52. The molecule has 2 aliphatic rings. The molecule has 0 saturated carbocycles.